The van der Waals surface area contributed by atoms with E-state index in [4.69, 9.17) is 5.73 Å². The van der Waals surface area contributed by atoms with Crippen LogP contribution in [-0.4, -0.2) is 10.9 Å². The van der Waals surface area contributed by atoms with E-state index in [1.165, 1.54) is 23.5 Å². The summed E-state index contributed by atoms with van der Waals surface area (Å²) >= 11 is 1.31. The van der Waals surface area contributed by atoms with Crippen molar-refractivity contribution >= 4 is 22.9 Å². The molecule has 1 aromatic carbocycles. The van der Waals surface area contributed by atoms with Gasteiger partial charge in [0.05, 0.1) is 11.7 Å². The molecule has 0 aliphatic rings. The van der Waals surface area contributed by atoms with Gasteiger partial charge in [-0.2, -0.15) is 0 Å². The molecule has 6 heteroatoms. The molecule has 4 nitrogen and oxygen atoms in total. The van der Waals surface area contributed by atoms with Gasteiger partial charge in [0.1, 0.15) is 16.5 Å². The first kappa shape index (κ1) is 13.6. The van der Waals surface area contributed by atoms with E-state index in [-0.39, 0.29) is 17.4 Å². The van der Waals surface area contributed by atoms with Gasteiger partial charge < -0.3 is 11.1 Å². The summed E-state index contributed by atoms with van der Waals surface area (Å²) in [5, 5.41) is 4.78. The average Bonchev–Trinajstić information content (AvgIpc) is 2.82. The molecule has 2 aromatic rings. The Bertz CT molecular complexity index is 610. The number of nitrogens with zero attached hydrogens (tertiary/aromatic N) is 1. The highest BCUT2D eigenvalue weighted by Gasteiger charge is 2.14. The molecule has 1 heterocycles. The Morgan fingerprint density at radius 1 is 1.53 bits per heavy atom. The van der Waals surface area contributed by atoms with Crippen molar-refractivity contribution in [3.05, 3.63) is 45.7 Å². The van der Waals surface area contributed by atoms with Crippen LogP contribution in [0, 0.1) is 12.7 Å². The van der Waals surface area contributed by atoms with Crippen molar-refractivity contribution in [2.45, 2.75) is 19.9 Å². The Kier molecular flexibility index (Phi) is 3.92. The third kappa shape index (κ3) is 3.15. The summed E-state index contributed by atoms with van der Waals surface area (Å²) < 4.78 is 13.6. The standard InChI is InChI=1S/C13H14FN3OS/c1-7-3-4-10(9(14)5-7)16-12(18)11-6-19-13(17-11)8(2)15/h3-6,8H,15H2,1-2H3,(H,16,18). The van der Waals surface area contributed by atoms with Crippen LogP contribution in [0.5, 0.6) is 0 Å². The van der Waals surface area contributed by atoms with E-state index in [0.29, 0.717) is 5.01 Å². The van der Waals surface area contributed by atoms with Gasteiger partial charge in [-0.3, -0.25) is 4.79 Å². The zero-order valence-electron chi connectivity index (χ0n) is 10.6. The van der Waals surface area contributed by atoms with E-state index in [1.54, 1.807) is 25.3 Å². The molecular weight excluding hydrogens is 265 g/mol. The summed E-state index contributed by atoms with van der Waals surface area (Å²) in [6.07, 6.45) is 0. The molecule has 3 N–H and O–H groups in total. The fourth-order valence-electron chi connectivity index (χ4n) is 1.51. The molecule has 0 saturated carbocycles. The number of halogens is 1. The Morgan fingerprint density at radius 3 is 2.84 bits per heavy atom. The maximum absolute atomic E-state index is 13.6. The fourth-order valence-corrected chi connectivity index (χ4v) is 2.27. The summed E-state index contributed by atoms with van der Waals surface area (Å²) in [5.41, 5.74) is 6.86. The number of benzene rings is 1. The molecule has 100 valence electrons. The predicted molar refractivity (Wildman–Crippen MR) is 73.8 cm³/mol. The molecule has 0 fully saturated rings. The lowest BCUT2D eigenvalue weighted by Gasteiger charge is -2.05. The number of carbonyl (C=O) groups excluding carboxylic acids is 1. The van der Waals surface area contributed by atoms with E-state index in [1.807, 2.05) is 0 Å². The van der Waals surface area contributed by atoms with Gasteiger partial charge in [-0.1, -0.05) is 6.07 Å². The normalized spacial score (nSPS) is 12.2. The summed E-state index contributed by atoms with van der Waals surface area (Å²) in [4.78, 5) is 16.0. The number of amides is 1. The molecule has 1 atom stereocenters. The van der Waals surface area contributed by atoms with Crippen LogP contribution < -0.4 is 11.1 Å². The van der Waals surface area contributed by atoms with Crippen LogP contribution in [0.15, 0.2) is 23.6 Å². The molecule has 2 rings (SSSR count). The lowest BCUT2D eigenvalue weighted by atomic mass is 10.2. The topological polar surface area (TPSA) is 68.0 Å². The summed E-state index contributed by atoms with van der Waals surface area (Å²) in [7, 11) is 0. The first-order chi connectivity index (χ1) is 8.97. The minimum Gasteiger partial charge on any atom is -0.322 e. The molecule has 1 amide bonds. The van der Waals surface area contributed by atoms with Crippen LogP contribution in [0.4, 0.5) is 10.1 Å². The zero-order chi connectivity index (χ0) is 14.0. The first-order valence-electron chi connectivity index (χ1n) is 5.76. The fraction of sp³-hybridized carbons (Fsp3) is 0.231. The Hall–Kier alpha value is -1.79. The summed E-state index contributed by atoms with van der Waals surface area (Å²) in [6.45, 7) is 3.57. The number of carbonyl (C=O) groups is 1. The van der Waals surface area contributed by atoms with E-state index in [9.17, 15) is 9.18 Å². The van der Waals surface area contributed by atoms with Crippen LogP contribution in [0.25, 0.3) is 0 Å². The second-order valence-electron chi connectivity index (χ2n) is 4.30. The number of aryl methyl sites for hydroxylation is 1. The van der Waals surface area contributed by atoms with Crippen molar-refractivity contribution < 1.29 is 9.18 Å². The Morgan fingerprint density at radius 2 is 2.26 bits per heavy atom. The smallest absolute Gasteiger partial charge is 0.275 e. The number of hydrogen-bond acceptors (Lipinski definition) is 4. The summed E-state index contributed by atoms with van der Waals surface area (Å²) in [5.74, 6) is -0.901. The lowest BCUT2D eigenvalue weighted by molar-refractivity contribution is 0.102. The van der Waals surface area contributed by atoms with Crippen molar-refractivity contribution in [3.63, 3.8) is 0 Å². The van der Waals surface area contributed by atoms with E-state index < -0.39 is 11.7 Å². The van der Waals surface area contributed by atoms with Crippen LogP contribution in [-0.2, 0) is 0 Å². The van der Waals surface area contributed by atoms with Crippen molar-refractivity contribution in [2.24, 2.45) is 5.73 Å². The minimum absolute atomic E-state index is 0.144. The van der Waals surface area contributed by atoms with Gasteiger partial charge in [0.25, 0.3) is 5.91 Å². The molecule has 0 aliphatic heterocycles. The quantitative estimate of drug-likeness (QED) is 0.907. The van der Waals surface area contributed by atoms with E-state index in [0.717, 1.165) is 5.56 Å². The van der Waals surface area contributed by atoms with Gasteiger partial charge in [-0.15, -0.1) is 11.3 Å². The minimum atomic E-state index is -0.462. The van der Waals surface area contributed by atoms with Crippen LogP contribution >= 0.6 is 11.3 Å². The molecule has 0 bridgehead atoms. The Balaban J connectivity index is 2.16. The SMILES string of the molecule is Cc1ccc(NC(=O)c2csc(C(C)N)n2)c(F)c1. The van der Waals surface area contributed by atoms with Gasteiger partial charge >= 0.3 is 0 Å². The number of rotatable bonds is 3. The van der Waals surface area contributed by atoms with Crippen molar-refractivity contribution in [1.29, 1.82) is 0 Å². The second kappa shape index (κ2) is 5.46. The van der Waals surface area contributed by atoms with Gasteiger partial charge in [0.2, 0.25) is 0 Å². The second-order valence-corrected chi connectivity index (χ2v) is 5.19. The maximum Gasteiger partial charge on any atom is 0.275 e. The predicted octanol–water partition coefficient (Wildman–Crippen LogP) is 2.86. The summed E-state index contributed by atoms with van der Waals surface area (Å²) in [6, 6.07) is 4.40. The molecule has 1 unspecified atom stereocenters. The third-order valence-corrected chi connectivity index (χ3v) is 3.56. The van der Waals surface area contributed by atoms with Gasteiger partial charge in [-0.05, 0) is 31.5 Å². The average molecular weight is 279 g/mol. The molecule has 0 radical (unpaired) electrons. The van der Waals surface area contributed by atoms with Crippen LogP contribution in [0.1, 0.15) is 34.0 Å². The highest BCUT2D eigenvalue weighted by atomic mass is 32.1. The third-order valence-electron chi connectivity index (χ3n) is 2.52. The molecule has 19 heavy (non-hydrogen) atoms. The van der Waals surface area contributed by atoms with Gasteiger partial charge in [0, 0.05) is 5.38 Å². The Labute approximate surface area is 114 Å². The van der Waals surface area contributed by atoms with Crippen molar-refractivity contribution in [3.8, 4) is 0 Å². The monoisotopic (exact) mass is 279 g/mol. The van der Waals surface area contributed by atoms with E-state index in [2.05, 4.69) is 10.3 Å². The first-order valence-corrected chi connectivity index (χ1v) is 6.64. The number of nitrogens with two attached hydrogens (primary N) is 1. The molecule has 0 saturated heterocycles. The highest BCUT2D eigenvalue weighted by molar-refractivity contribution is 7.09. The molecular formula is C13H14FN3OS. The zero-order valence-corrected chi connectivity index (χ0v) is 11.4. The molecule has 0 spiro atoms. The molecule has 1 aromatic heterocycles. The molecule has 0 aliphatic carbocycles. The maximum atomic E-state index is 13.6. The number of aromatic nitrogens is 1. The largest absolute Gasteiger partial charge is 0.322 e. The van der Waals surface area contributed by atoms with E-state index >= 15 is 0 Å². The van der Waals surface area contributed by atoms with Crippen LogP contribution in [0.2, 0.25) is 0 Å². The number of nitrogens with one attached hydrogen (secondary N) is 1. The van der Waals surface area contributed by atoms with Crippen molar-refractivity contribution in [1.82, 2.24) is 4.98 Å². The van der Waals surface area contributed by atoms with Gasteiger partial charge in [-0.25, -0.2) is 9.37 Å². The number of anilines is 1. The van der Waals surface area contributed by atoms with Gasteiger partial charge in [0.15, 0.2) is 0 Å². The number of hydrogen-bond donors (Lipinski definition) is 2. The number of thiazole rings is 1. The lowest BCUT2D eigenvalue weighted by Crippen LogP contribution is -2.14. The van der Waals surface area contributed by atoms with Crippen molar-refractivity contribution in [2.75, 3.05) is 5.32 Å². The van der Waals surface area contributed by atoms with Crippen LogP contribution in [0.3, 0.4) is 0 Å². The highest BCUT2D eigenvalue weighted by Crippen LogP contribution is 2.19.